The molecule has 118 valence electrons. The first kappa shape index (κ1) is 15.0. The van der Waals surface area contributed by atoms with Gasteiger partial charge in [-0.2, -0.15) is 0 Å². The van der Waals surface area contributed by atoms with Gasteiger partial charge in [0.05, 0.1) is 24.3 Å². The van der Waals surface area contributed by atoms with Gasteiger partial charge in [-0.15, -0.1) is 0 Å². The van der Waals surface area contributed by atoms with Gasteiger partial charge in [0.15, 0.2) is 0 Å². The SMILES string of the molecule is Cc1ncc(C[N+]2([O-])CCN(C)CC2)c(-c2ncc[nH]2)c1O. The molecule has 2 N–H and O–H groups in total. The van der Waals surface area contributed by atoms with Gasteiger partial charge in [0.1, 0.15) is 18.1 Å². The number of hydrogen-bond acceptors (Lipinski definition) is 5. The van der Waals surface area contributed by atoms with Crippen LogP contribution in [0, 0.1) is 12.1 Å². The van der Waals surface area contributed by atoms with Gasteiger partial charge in [-0.25, -0.2) is 4.98 Å². The Bertz CT molecular complexity index is 648. The first-order valence-corrected chi connectivity index (χ1v) is 7.41. The number of likely N-dealkylation sites (N-methyl/N-ethyl adjacent to an activating group) is 1. The molecular weight excluding hydrogens is 282 g/mol. The van der Waals surface area contributed by atoms with Gasteiger partial charge in [-0.1, -0.05) is 0 Å². The fraction of sp³-hybridized carbons (Fsp3) is 0.467. The standard InChI is InChI=1S/C15H21N5O2/c1-11-14(21)13(15-16-3-4-17-15)12(9-18-11)10-20(22)7-5-19(2)6-8-20/h3-4,9,21H,5-8,10H2,1-2H3,(H,16,17). The highest BCUT2D eigenvalue weighted by atomic mass is 16.5. The number of piperazine rings is 1. The smallest absolute Gasteiger partial charge is 0.148 e. The Morgan fingerprint density at radius 3 is 2.73 bits per heavy atom. The molecule has 0 amide bonds. The Morgan fingerprint density at radius 2 is 2.09 bits per heavy atom. The van der Waals surface area contributed by atoms with Gasteiger partial charge >= 0.3 is 0 Å². The number of rotatable bonds is 3. The van der Waals surface area contributed by atoms with Crippen LogP contribution in [0.1, 0.15) is 11.3 Å². The van der Waals surface area contributed by atoms with Crippen LogP contribution in [-0.4, -0.2) is 62.8 Å². The van der Waals surface area contributed by atoms with Crippen molar-refractivity contribution in [3.05, 3.63) is 35.1 Å². The molecule has 0 unspecified atom stereocenters. The first-order chi connectivity index (χ1) is 10.5. The molecule has 0 spiro atoms. The van der Waals surface area contributed by atoms with Crippen LogP contribution in [0.25, 0.3) is 11.4 Å². The maximum Gasteiger partial charge on any atom is 0.148 e. The van der Waals surface area contributed by atoms with E-state index in [1.807, 2.05) is 7.05 Å². The Balaban J connectivity index is 1.96. The van der Waals surface area contributed by atoms with E-state index in [9.17, 15) is 10.3 Å². The van der Waals surface area contributed by atoms with Gasteiger partial charge < -0.3 is 19.9 Å². The van der Waals surface area contributed by atoms with Crippen molar-refractivity contribution >= 4 is 0 Å². The minimum atomic E-state index is -0.289. The van der Waals surface area contributed by atoms with Gasteiger partial charge in [0.2, 0.25) is 0 Å². The number of hydrogen-bond donors (Lipinski definition) is 2. The minimum Gasteiger partial charge on any atom is -0.632 e. The molecule has 1 fully saturated rings. The molecule has 3 heterocycles. The third-order valence-electron chi connectivity index (χ3n) is 4.29. The Morgan fingerprint density at radius 1 is 1.36 bits per heavy atom. The van der Waals surface area contributed by atoms with E-state index >= 15 is 0 Å². The number of pyridine rings is 1. The summed E-state index contributed by atoms with van der Waals surface area (Å²) in [5.74, 6) is 0.659. The highest BCUT2D eigenvalue weighted by Gasteiger charge is 2.27. The van der Waals surface area contributed by atoms with Crippen LogP contribution in [0.15, 0.2) is 18.6 Å². The number of aryl methyl sites for hydroxylation is 1. The van der Waals surface area contributed by atoms with E-state index in [0.29, 0.717) is 36.7 Å². The summed E-state index contributed by atoms with van der Waals surface area (Å²) >= 11 is 0. The monoisotopic (exact) mass is 303 g/mol. The molecule has 3 rings (SSSR count). The van der Waals surface area contributed by atoms with Crippen molar-refractivity contribution in [1.29, 1.82) is 0 Å². The summed E-state index contributed by atoms with van der Waals surface area (Å²) in [6.45, 7) is 4.69. The van der Waals surface area contributed by atoms with Crippen molar-refractivity contribution in [2.45, 2.75) is 13.5 Å². The Labute approximate surface area is 129 Å². The predicted octanol–water partition coefficient (Wildman–Crippen LogP) is 1.25. The number of hydroxylamine groups is 3. The number of aromatic amines is 1. The highest BCUT2D eigenvalue weighted by Crippen LogP contribution is 2.33. The second-order valence-corrected chi connectivity index (χ2v) is 6.00. The third kappa shape index (κ3) is 2.83. The number of quaternary nitrogens is 1. The molecule has 0 saturated carbocycles. The zero-order valence-electron chi connectivity index (χ0n) is 12.9. The lowest BCUT2D eigenvalue weighted by atomic mass is 10.1. The summed E-state index contributed by atoms with van der Waals surface area (Å²) < 4.78 is -0.289. The summed E-state index contributed by atoms with van der Waals surface area (Å²) in [5, 5.41) is 23.3. The number of aromatic nitrogens is 3. The van der Waals surface area contributed by atoms with Crippen LogP contribution in [0.3, 0.4) is 0 Å². The van der Waals surface area contributed by atoms with Crippen molar-refractivity contribution < 1.29 is 9.75 Å². The quantitative estimate of drug-likeness (QED) is 0.658. The summed E-state index contributed by atoms with van der Waals surface area (Å²) in [5.41, 5.74) is 1.85. The summed E-state index contributed by atoms with van der Waals surface area (Å²) in [4.78, 5) is 13.6. The molecule has 22 heavy (non-hydrogen) atoms. The first-order valence-electron chi connectivity index (χ1n) is 7.41. The van der Waals surface area contributed by atoms with E-state index in [1.54, 1.807) is 25.5 Å². The molecule has 0 bridgehead atoms. The Hall–Kier alpha value is -1.96. The van der Waals surface area contributed by atoms with Crippen molar-refractivity contribution in [1.82, 2.24) is 19.9 Å². The molecular formula is C15H21N5O2. The van der Waals surface area contributed by atoms with E-state index < -0.39 is 0 Å². The molecule has 0 aliphatic carbocycles. The average molecular weight is 303 g/mol. The second kappa shape index (κ2) is 5.68. The predicted molar refractivity (Wildman–Crippen MR) is 82.8 cm³/mol. The lowest BCUT2D eigenvalue weighted by molar-refractivity contribution is -0.898. The molecule has 0 radical (unpaired) electrons. The molecule has 0 aromatic carbocycles. The zero-order chi connectivity index (χ0) is 15.7. The van der Waals surface area contributed by atoms with Crippen molar-refractivity contribution in [2.24, 2.45) is 0 Å². The average Bonchev–Trinajstić information content (AvgIpc) is 3.01. The third-order valence-corrected chi connectivity index (χ3v) is 4.29. The van der Waals surface area contributed by atoms with Crippen LogP contribution < -0.4 is 0 Å². The van der Waals surface area contributed by atoms with E-state index in [1.165, 1.54) is 0 Å². The van der Waals surface area contributed by atoms with Gasteiger partial charge in [0.25, 0.3) is 0 Å². The fourth-order valence-corrected chi connectivity index (χ4v) is 2.82. The van der Waals surface area contributed by atoms with Crippen molar-refractivity contribution in [3.63, 3.8) is 0 Å². The van der Waals surface area contributed by atoms with Gasteiger partial charge in [0, 0.05) is 37.2 Å². The van der Waals surface area contributed by atoms with E-state index in [4.69, 9.17) is 0 Å². The normalized spacial score (nSPS) is 18.5. The molecule has 0 atom stereocenters. The molecule has 1 saturated heterocycles. The molecule has 7 heteroatoms. The summed E-state index contributed by atoms with van der Waals surface area (Å²) in [6, 6.07) is 0. The number of imidazole rings is 1. The van der Waals surface area contributed by atoms with E-state index in [2.05, 4.69) is 19.9 Å². The number of H-pyrrole nitrogens is 1. The van der Waals surface area contributed by atoms with Crippen molar-refractivity contribution in [3.8, 4) is 17.1 Å². The van der Waals surface area contributed by atoms with Crippen LogP contribution >= 0.6 is 0 Å². The lowest BCUT2D eigenvalue weighted by Gasteiger charge is -2.47. The minimum absolute atomic E-state index is 0.0909. The molecule has 7 nitrogen and oxygen atoms in total. The largest absolute Gasteiger partial charge is 0.632 e. The van der Waals surface area contributed by atoms with Crippen LogP contribution in [0.4, 0.5) is 0 Å². The fourth-order valence-electron chi connectivity index (χ4n) is 2.82. The van der Waals surface area contributed by atoms with Crippen LogP contribution in [0.5, 0.6) is 5.75 Å². The van der Waals surface area contributed by atoms with Crippen LogP contribution in [-0.2, 0) is 6.54 Å². The molecule has 2 aromatic rings. The maximum absolute atomic E-state index is 12.9. The van der Waals surface area contributed by atoms with E-state index in [-0.39, 0.29) is 10.4 Å². The number of nitrogens with one attached hydrogen (secondary N) is 1. The summed E-state index contributed by atoms with van der Waals surface area (Å²) in [6.07, 6.45) is 5.01. The molecule has 1 aliphatic rings. The summed E-state index contributed by atoms with van der Waals surface area (Å²) in [7, 11) is 2.02. The van der Waals surface area contributed by atoms with E-state index in [0.717, 1.165) is 18.7 Å². The Kier molecular flexibility index (Phi) is 3.86. The number of nitrogens with zero attached hydrogens (tertiary/aromatic N) is 4. The second-order valence-electron chi connectivity index (χ2n) is 6.00. The molecule has 2 aromatic heterocycles. The van der Waals surface area contributed by atoms with Crippen LogP contribution in [0.2, 0.25) is 0 Å². The lowest BCUT2D eigenvalue weighted by Crippen LogP contribution is -2.54. The molecule has 1 aliphatic heterocycles. The number of aromatic hydroxyl groups is 1. The van der Waals surface area contributed by atoms with Gasteiger partial charge in [-0.3, -0.25) is 9.88 Å². The highest BCUT2D eigenvalue weighted by molar-refractivity contribution is 5.68. The zero-order valence-corrected chi connectivity index (χ0v) is 12.9. The van der Waals surface area contributed by atoms with Gasteiger partial charge in [-0.05, 0) is 14.0 Å². The topological polar surface area (TPSA) is 88.1 Å². The van der Waals surface area contributed by atoms with Crippen molar-refractivity contribution in [2.75, 3.05) is 33.2 Å². The maximum atomic E-state index is 12.9.